The van der Waals surface area contributed by atoms with Gasteiger partial charge < -0.3 is 24.8 Å². The number of carboxylic acid groups (broad SMARTS) is 1. The molecule has 2 amide bonds. The van der Waals surface area contributed by atoms with Crippen molar-refractivity contribution in [3.05, 3.63) is 59.7 Å². The summed E-state index contributed by atoms with van der Waals surface area (Å²) in [6.07, 6.45) is 0.0917. The average Bonchev–Trinajstić information content (AvgIpc) is 3.61. The second kappa shape index (κ2) is 9.62. The number of carboxylic acids is 1. The molecule has 8 heteroatoms. The first-order valence-electron chi connectivity index (χ1n) is 11.1. The van der Waals surface area contributed by atoms with Gasteiger partial charge in [0.05, 0.1) is 6.10 Å². The number of carbonyl (C=O) groups excluding carboxylic acids is 2. The van der Waals surface area contributed by atoms with Crippen molar-refractivity contribution in [2.45, 2.75) is 43.9 Å². The molecule has 4 rings (SSSR count). The Morgan fingerprint density at radius 3 is 2.15 bits per heavy atom. The van der Waals surface area contributed by atoms with Crippen molar-refractivity contribution in [2.75, 3.05) is 20.3 Å². The minimum atomic E-state index is -1.10. The number of alkyl carbamates (subject to hydrolysis) is 1. The standard InChI is InChI=1S/C25H28N2O6/c1-15(32-2)23(24(30)27(13-22(28)29)16-11-12-16)26-25(31)33-14-21-19-9-5-3-7-17(19)18-8-4-6-10-20(18)21/h3-10,15-16,21,23H,11-14H2,1-2H3,(H,26,31)(H,28,29). The second-order valence-electron chi connectivity index (χ2n) is 8.48. The Labute approximate surface area is 192 Å². The Kier molecular flexibility index (Phi) is 6.65. The Morgan fingerprint density at radius 1 is 1.06 bits per heavy atom. The molecule has 0 aliphatic heterocycles. The molecule has 8 nitrogen and oxygen atoms in total. The van der Waals surface area contributed by atoms with Crippen molar-refractivity contribution in [3.63, 3.8) is 0 Å². The van der Waals surface area contributed by atoms with E-state index in [1.807, 2.05) is 36.4 Å². The highest BCUT2D eigenvalue weighted by Gasteiger charge is 2.40. The van der Waals surface area contributed by atoms with Crippen molar-refractivity contribution in [1.29, 1.82) is 0 Å². The van der Waals surface area contributed by atoms with Crippen molar-refractivity contribution in [1.82, 2.24) is 10.2 Å². The third-order valence-corrected chi connectivity index (χ3v) is 6.30. The summed E-state index contributed by atoms with van der Waals surface area (Å²) in [5.74, 6) is -1.69. The fourth-order valence-electron chi connectivity index (χ4n) is 4.38. The van der Waals surface area contributed by atoms with Gasteiger partial charge in [-0.25, -0.2) is 4.79 Å². The fourth-order valence-corrected chi connectivity index (χ4v) is 4.38. The normalized spacial score (nSPS) is 16.3. The molecule has 0 aromatic heterocycles. The summed E-state index contributed by atoms with van der Waals surface area (Å²) < 4.78 is 10.9. The highest BCUT2D eigenvalue weighted by Crippen LogP contribution is 2.44. The Morgan fingerprint density at radius 2 is 1.64 bits per heavy atom. The predicted molar refractivity (Wildman–Crippen MR) is 121 cm³/mol. The molecule has 0 heterocycles. The van der Waals surface area contributed by atoms with Crippen LogP contribution in [0.3, 0.4) is 0 Å². The van der Waals surface area contributed by atoms with Gasteiger partial charge in [-0.3, -0.25) is 9.59 Å². The van der Waals surface area contributed by atoms with Gasteiger partial charge in [-0.1, -0.05) is 48.5 Å². The molecule has 1 saturated carbocycles. The van der Waals surface area contributed by atoms with Gasteiger partial charge in [0.25, 0.3) is 0 Å². The number of hydrogen-bond donors (Lipinski definition) is 2. The van der Waals surface area contributed by atoms with Crippen molar-refractivity contribution in [2.24, 2.45) is 0 Å². The maximum absolute atomic E-state index is 13.1. The number of aliphatic carboxylic acids is 1. The number of methoxy groups -OCH3 is 1. The van der Waals surface area contributed by atoms with Gasteiger partial charge in [-0.15, -0.1) is 0 Å². The molecule has 2 aromatic carbocycles. The van der Waals surface area contributed by atoms with Crippen molar-refractivity contribution >= 4 is 18.0 Å². The Balaban J connectivity index is 1.45. The lowest BCUT2D eigenvalue weighted by molar-refractivity contribution is -0.147. The van der Waals surface area contributed by atoms with Crippen LogP contribution < -0.4 is 5.32 Å². The molecule has 0 spiro atoms. The van der Waals surface area contributed by atoms with Crippen LogP contribution in [0.5, 0.6) is 0 Å². The summed E-state index contributed by atoms with van der Waals surface area (Å²) >= 11 is 0. The van der Waals surface area contributed by atoms with Crippen LogP contribution in [-0.2, 0) is 19.1 Å². The molecule has 174 valence electrons. The minimum absolute atomic E-state index is 0.105. The molecule has 0 saturated heterocycles. The third-order valence-electron chi connectivity index (χ3n) is 6.30. The lowest BCUT2D eigenvalue weighted by Crippen LogP contribution is -2.55. The second-order valence-corrected chi connectivity index (χ2v) is 8.48. The SMILES string of the molecule is COC(C)C(NC(=O)OCC1c2ccccc2-c2ccccc21)C(=O)N(CC(=O)O)C1CC1. The topological polar surface area (TPSA) is 105 Å². The number of carbonyl (C=O) groups is 3. The number of nitrogens with zero attached hydrogens (tertiary/aromatic N) is 1. The molecule has 2 N–H and O–H groups in total. The molecular formula is C25H28N2O6. The van der Waals surface area contributed by atoms with Gasteiger partial charge in [-0.2, -0.15) is 0 Å². The molecule has 2 aliphatic rings. The summed E-state index contributed by atoms with van der Waals surface area (Å²) in [5, 5.41) is 11.8. The number of amides is 2. The number of benzene rings is 2. The Hall–Kier alpha value is -3.39. The first kappa shape index (κ1) is 22.8. The lowest BCUT2D eigenvalue weighted by Gasteiger charge is -2.29. The van der Waals surface area contributed by atoms with Crippen molar-refractivity contribution in [3.8, 4) is 11.1 Å². The zero-order valence-corrected chi connectivity index (χ0v) is 18.7. The van der Waals surface area contributed by atoms with E-state index in [0.29, 0.717) is 0 Å². The largest absolute Gasteiger partial charge is 0.480 e. The molecule has 0 bridgehead atoms. The third kappa shape index (κ3) is 4.85. The first-order chi connectivity index (χ1) is 15.9. The maximum Gasteiger partial charge on any atom is 0.407 e. The van der Waals surface area contributed by atoms with E-state index >= 15 is 0 Å². The maximum atomic E-state index is 13.1. The molecule has 1 fully saturated rings. The van der Waals surface area contributed by atoms with Gasteiger partial charge in [-0.05, 0) is 42.0 Å². The lowest BCUT2D eigenvalue weighted by atomic mass is 9.98. The van der Waals surface area contributed by atoms with Crippen LogP contribution in [0.25, 0.3) is 11.1 Å². The smallest absolute Gasteiger partial charge is 0.407 e. The summed E-state index contributed by atoms with van der Waals surface area (Å²) in [4.78, 5) is 38.4. The van der Waals surface area contributed by atoms with E-state index in [1.165, 1.54) is 12.0 Å². The number of hydrogen-bond acceptors (Lipinski definition) is 5. The predicted octanol–water partition coefficient (Wildman–Crippen LogP) is 3.00. The molecule has 33 heavy (non-hydrogen) atoms. The Bertz CT molecular complexity index is 1010. The van der Waals surface area contributed by atoms with Crippen LogP contribution in [-0.4, -0.2) is 66.4 Å². The molecule has 2 aromatic rings. The first-order valence-corrected chi connectivity index (χ1v) is 11.1. The zero-order chi connectivity index (χ0) is 23.5. The quantitative estimate of drug-likeness (QED) is 0.606. The highest BCUT2D eigenvalue weighted by molar-refractivity contribution is 5.89. The van der Waals surface area contributed by atoms with Gasteiger partial charge >= 0.3 is 12.1 Å². The summed E-state index contributed by atoms with van der Waals surface area (Å²) in [5.41, 5.74) is 4.42. The van der Waals surface area contributed by atoms with E-state index in [9.17, 15) is 19.5 Å². The average molecular weight is 453 g/mol. The number of ether oxygens (including phenoxy) is 2. The van der Waals surface area contributed by atoms with E-state index < -0.39 is 36.7 Å². The zero-order valence-electron chi connectivity index (χ0n) is 18.7. The van der Waals surface area contributed by atoms with Crippen LogP contribution in [0, 0.1) is 0 Å². The molecule has 2 atom stereocenters. The summed E-state index contributed by atoms with van der Waals surface area (Å²) in [6.45, 7) is 1.35. The van der Waals surface area contributed by atoms with Crippen LogP contribution in [0.2, 0.25) is 0 Å². The van der Waals surface area contributed by atoms with E-state index in [-0.39, 0.29) is 18.6 Å². The number of fused-ring (bicyclic) bond motifs is 3. The fraction of sp³-hybridized carbons (Fsp3) is 0.400. The van der Waals surface area contributed by atoms with E-state index in [2.05, 4.69) is 17.4 Å². The van der Waals surface area contributed by atoms with Crippen LogP contribution >= 0.6 is 0 Å². The van der Waals surface area contributed by atoms with Gasteiger partial charge in [0.2, 0.25) is 5.91 Å². The molecule has 2 unspecified atom stereocenters. The van der Waals surface area contributed by atoms with E-state index in [4.69, 9.17) is 9.47 Å². The number of nitrogens with one attached hydrogen (secondary N) is 1. The summed E-state index contributed by atoms with van der Waals surface area (Å²) in [6, 6.07) is 14.9. The monoisotopic (exact) mass is 452 g/mol. The molecular weight excluding hydrogens is 424 g/mol. The summed E-state index contributed by atoms with van der Waals surface area (Å²) in [7, 11) is 1.43. The van der Waals surface area contributed by atoms with Gasteiger partial charge in [0.1, 0.15) is 19.2 Å². The van der Waals surface area contributed by atoms with Crippen LogP contribution in [0.4, 0.5) is 4.79 Å². The van der Waals surface area contributed by atoms with E-state index in [0.717, 1.165) is 35.1 Å². The molecule has 0 radical (unpaired) electrons. The van der Waals surface area contributed by atoms with Crippen molar-refractivity contribution < 1.29 is 29.0 Å². The van der Waals surface area contributed by atoms with Crippen LogP contribution in [0.15, 0.2) is 48.5 Å². The van der Waals surface area contributed by atoms with Gasteiger partial charge in [0, 0.05) is 19.1 Å². The minimum Gasteiger partial charge on any atom is -0.480 e. The van der Waals surface area contributed by atoms with Crippen LogP contribution in [0.1, 0.15) is 36.8 Å². The van der Waals surface area contributed by atoms with E-state index in [1.54, 1.807) is 6.92 Å². The van der Waals surface area contributed by atoms with Gasteiger partial charge in [0.15, 0.2) is 0 Å². The number of rotatable bonds is 9. The highest BCUT2D eigenvalue weighted by atomic mass is 16.5. The molecule has 2 aliphatic carbocycles.